The Balaban J connectivity index is 1.28. The number of pyridine rings is 1. The molecular formula is C19H19N5O2S. The van der Waals surface area contributed by atoms with E-state index in [0.717, 1.165) is 23.5 Å². The monoisotopic (exact) mass is 381 g/mol. The normalized spacial score (nSPS) is 15.5. The van der Waals surface area contributed by atoms with Crippen molar-refractivity contribution in [2.24, 2.45) is 0 Å². The molecule has 3 aromatic heterocycles. The minimum absolute atomic E-state index is 0.0243. The highest BCUT2D eigenvalue weighted by molar-refractivity contribution is 7.13. The first-order chi connectivity index (χ1) is 13.3. The van der Waals surface area contributed by atoms with Gasteiger partial charge < -0.3 is 9.42 Å². The first-order valence-electron chi connectivity index (χ1n) is 8.74. The number of amides is 1. The highest BCUT2D eigenvalue weighted by Gasteiger charge is 2.21. The quantitative estimate of drug-likeness (QED) is 0.632. The van der Waals surface area contributed by atoms with Crippen LogP contribution in [0.15, 0.2) is 52.6 Å². The standard InChI is InChI=1S/C19H19N5O2S/c25-18(6-5-15-3-1-7-20-13-15)24-10-8-23(9-11-24)14-17-21-19(22-26-17)16-4-2-12-27-16/h1-7,12-13H,8-11,14H2/b6-5+. The third-order valence-electron chi connectivity index (χ3n) is 4.36. The van der Waals surface area contributed by atoms with Crippen molar-refractivity contribution in [3.05, 3.63) is 59.6 Å². The van der Waals surface area contributed by atoms with Gasteiger partial charge in [0, 0.05) is 44.6 Å². The Bertz CT molecular complexity index is 899. The predicted molar refractivity (Wildman–Crippen MR) is 103 cm³/mol. The molecule has 4 heterocycles. The minimum Gasteiger partial charge on any atom is -0.338 e. The summed E-state index contributed by atoms with van der Waals surface area (Å²) in [7, 11) is 0. The van der Waals surface area contributed by atoms with Crippen molar-refractivity contribution in [2.75, 3.05) is 26.2 Å². The van der Waals surface area contributed by atoms with Crippen molar-refractivity contribution >= 4 is 23.3 Å². The van der Waals surface area contributed by atoms with Crippen LogP contribution in [-0.2, 0) is 11.3 Å². The van der Waals surface area contributed by atoms with Crippen LogP contribution in [0.1, 0.15) is 11.5 Å². The van der Waals surface area contributed by atoms with Crippen LogP contribution in [-0.4, -0.2) is 57.0 Å². The molecule has 1 saturated heterocycles. The zero-order valence-corrected chi connectivity index (χ0v) is 15.5. The van der Waals surface area contributed by atoms with Crippen LogP contribution in [0.4, 0.5) is 0 Å². The van der Waals surface area contributed by atoms with Crippen LogP contribution in [0.3, 0.4) is 0 Å². The summed E-state index contributed by atoms with van der Waals surface area (Å²) in [6, 6.07) is 7.71. The summed E-state index contributed by atoms with van der Waals surface area (Å²) >= 11 is 1.59. The Morgan fingerprint density at radius 2 is 2.11 bits per heavy atom. The number of nitrogens with zero attached hydrogens (tertiary/aromatic N) is 5. The highest BCUT2D eigenvalue weighted by Crippen LogP contribution is 2.21. The van der Waals surface area contributed by atoms with E-state index in [1.165, 1.54) is 0 Å². The molecule has 0 spiro atoms. The second kappa shape index (κ2) is 8.24. The van der Waals surface area contributed by atoms with Gasteiger partial charge in [-0.3, -0.25) is 14.7 Å². The number of hydrogen-bond acceptors (Lipinski definition) is 7. The summed E-state index contributed by atoms with van der Waals surface area (Å²) in [5.74, 6) is 1.26. The molecule has 0 bridgehead atoms. The van der Waals surface area contributed by atoms with E-state index in [1.54, 1.807) is 35.9 Å². The molecule has 0 aromatic carbocycles. The lowest BCUT2D eigenvalue weighted by molar-refractivity contribution is -0.127. The van der Waals surface area contributed by atoms with E-state index in [2.05, 4.69) is 20.0 Å². The van der Waals surface area contributed by atoms with Crippen molar-refractivity contribution in [3.8, 4) is 10.7 Å². The third kappa shape index (κ3) is 4.47. The first-order valence-corrected chi connectivity index (χ1v) is 9.62. The van der Waals surface area contributed by atoms with Crippen molar-refractivity contribution in [2.45, 2.75) is 6.54 Å². The SMILES string of the molecule is O=C(/C=C/c1cccnc1)N1CCN(Cc2nc(-c3cccs3)no2)CC1. The molecule has 0 radical (unpaired) electrons. The third-order valence-corrected chi connectivity index (χ3v) is 5.22. The van der Waals surface area contributed by atoms with Crippen molar-refractivity contribution < 1.29 is 9.32 Å². The summed E-state index contributed by atoms with van der Waals surface area (Å²) in [5, 5.41) is 6.03. The lowest BCUT2D eigenvalue weighted by atomic mass is 10.2. The zero-order chi connectivity index (χ0) is 18.5. The molecule has 0 aliphatic carbocycles. The average Bonchev–Trinajstić information content (AvgIpc) is 3.39. The molecule has 0 atom stereocenters. The Morgan fingerprint density at radius 1 is 1.22 bits per heavy atom. The molecule has 1 aliphatic heterocycles. The lowest BCUT2D eigenvalue weighted by Crippen LogP contribution is -2.47. The van der Waals surface area contributed by atoms with E-state index < -0.39 is 0 Å². The molecule has 0 unspecified atom stereocenters. The average molecular weight is 381 g/mol. The van der Waals surface area contributed by atoms with E-state index in [0.29, 0.717) is 31.3 Å². The second-order valence-corrected chi connectivity index (χ2v) is 7.16. The van der Waals surface area contributed by atoms with Crippen LogP contribution in [0.25, 0.3) is 16.8 Å². The maximum absolute atomic E-state index is 12.3. The fraction of sp³-hybridized carbons (Fsp3) is 0.263. The molecule has 1 amide bonds. The number of thiophene rings is 1. The summed E-state index contributed by atoms with van der Waals surface area (Å²) in [6.07, 6.45) is 6.85. The molecule has 138 valence electrons. The van der Waals surface area contributed by atoms with Crippen molar-refractivity contribution in [1.29, 1.82) is 0 Å². The maximum atomic E-state index is 12.3. The smallest absolute Gasteiger partial charge is 0.246 e. The lowest BCUT2D eigenvalue weighted by Gasteiger charge is -2.33. The molecule has 4 rings (SSSR count). The van der Waals surface area contributed by atoms with E-state index in [4.69, 9.17) is 4.52 Å². The van der Waals surface area contributed by atoms with Crippen LogP contribution in [0, 0.1) is 0 Å². The largest absolute Gasteiger partial charge is 0.338 e. The Kier molecular flexibility index (Phi) is 5.36. The van der Waals surface area contributed by atoms with Gasteiger partial charge >= 0.3 is 0 Å². The number of rotatable bonds is 5. The second-order valence-electron chi connectivity index (χ2n) is 6.21. The van der Waals surface area contributed by atoms with Gasteiger partial charge in [0.25, 0.3) is 0 Å². The fourth-order valence-corrected chi connectivity index (χ4v) is 3.54. The van der Waals surface area contributed by atoms with Gasteiger partial charge in [-0.15, -0.1) is 11.3 Å². The van der Waals surface area contributed by atoms with Gasteiger partial charge in [-0.2, -0.15) is 4.98 Å². The van der Waals surface area contributed by atoms with Crippen LogP contribution < -0.4 is 0 Å². The summed E-state index contributed by atoms with van der Waals surface area (Å²) in [5.41, 5.74) is 0.919. The fourth-order valence-electron chi connectivity index (χ4n) is 2.89. The molecule has 3 aromatic rings. The molecule has 0 N–H and O–H groups in total. The number of hydrogen-bond donors (Lipinski definition) is 0. The van der Waals surface area contributed by atoms with E-state index in [1.807, 2.05) is 34.5 Å². The Morgan fingerprint density at radius 3 is 2.85 bits per heavy atom. The van der Waals surface area contributed by atoms with Gasteiger partial charge in [-0.05, 0) is 29.2 Å². The maximum Gasteiger partial charge on any atom is 0.246 e. The predicted octanol–water partition coefficient (Wildman–Crippen LogP) is 2.55. The highest BCUT2D eigenvalue weighted by atomic mass is 32.1. The Labute approximate surface area is 160 Å². The summed E-state index contributed by atoms with van der Waals surface area (Å²) in [4.78, 5) is 25.9. The molecule has 1 aliphatic rings. The number of carbonyl (C=O) groups is 1. The molecule has 8 heteroatoms. The van der Waals surface area contributed by atoms with Crippen LogP contribution >= 0.6 is 11.3 Å². The molecule has 27 heavy (non-hydrogen) atoms. The van der Waals surface area contributed by atoms with Crippen molar-refractivity contribution in [3.63, 3.8) is 0 Å². The van der Waals surface area contributed by atoms with E-state index in [9.17, 15) is 4.79 Å². The minimum atomic E-state index is 0.0243. The summed E-state index contributed by atoms with van der Waals surface area (Å²) in [6.45, 7) is 3.53. The zero-order valence-electron chi connectivity index (χ0n) is 14.7. The summed E-state index contributed by atoms with van der Waals surface area (Å²) < 4.78 is 5.36. The number of aromatic nitrogens is 3. The Hall–Kier alpha value is -2.84. The van der Waals surface area contributed by atoms with Gasteiger partial charge in [0.2, 0.25) is 17.6 Å². The molecule has 0 saturated carbocycles. The van der Waals surface area contributed by atoms with Gasteiger partial charge in [-0.25, -0.2) is 0 Å². The van der Waals surface area contributed by atoms with E-state index >= 15 is 0 Å². The molecular weight excluding hydrogens is 362 g/mol. The van der Waals surface area contributed by atoms with Gasteiger partial charge in [0.15, 0.2) is 0 Å². The molecule has 1 fully saturated rings. The van der Waals surface area contributed by atoms with Crippen molar-refractivity contribution in [1.82, 2.24) is 24.9 Å². The number of piperazine rings is 1. The topological polar surface area (TPSA) is 75.4 Å². The van der Waals surface area contributed by atoms with Gasteiger partial charge in [0.1, 0.15) is 0 Å². The first kappa shape index (κ1) is 17.6. The van der Waals surface area contributed by atoms with Gasteiger partial charge in [-0.1, -0.05) is 17.3 Å². The van der Waals surface area contributed by atoms with E-state index in [-0.39, 0.29) is 5.91 Å². The van der Waals surface area contributed by atoms with Gasteiger partial charge in [0.05, 0.1) is 11.4 Å². The molecule has 7 nitrogen and oxygen atoms in total. The van der Waals surface area contributed by atoms with Crippen LogP contribution in [0.5, 0.6) is 0 Å². The van der Waals surface area contributed by atoms with Crippen LogP contribution in [0.2, 0.25) is 0 Å². The number of carbonyl (C=O) groups excluding carboxylic acids is 1.